The molecule has 0 spiro atoms. The van der Waals surface area contributed by atoms with Gasteiger partial charge in [0, 0.05) is 18.2 Å². The van der Waals surface area contributed by atoms with E-state index in [0.29, 0.717) is 12.6 Å². The molecule has 1 fully saturated rings. The van der Waals surface area contributed by atoms with Crippen molar-refractivity contribution in [1.82, 2.24) is 5.32 Å². The Balaban J connectivity index is 2.17. The van der Waals surface area contributed by atoms with Gasteiger partial charge in [0.1, 0.15) is 0 Å². The Kier molecular flexibility index (Phi) is 4.32. The van der Waals surface area contributed by atoms with E-state index < -0.39 is 5.97 Å². The third-order valence-corrected chi connectivity index (χ3v) is 3.18. The number of hydrogen-bond acceptors (Lipinski definition) is 3. The molecule has 2 N–H and O–H groups in total. The summed E-state index contributed by atoms with van der Waals surface area (Å²) in [4.78, 5) is 10.4. The van der Waals surface area contributed by atoms with Gasteiger partial charge >= 0.3 is 5.97 Å². The summed E-state index contributed by atoms with van der Waals surface area (Å²) >= 11 is 1.96. The second-order valence-electron chi connectivity index (χ2n) is 3.18. The Morgan fingerprint density at radius 3 is 2.69 bits per heavy atom. The van der Waals surface area contributed by atoms with Crippen LogP contribution in [-0.2, 0) is 4.79 Å². The second kappa shape index (κ2) is 5.29. The molecular weight excluding hydrogens is 186 g/mol. The Bertz CT molecular complexity index is 200. The van der Waals surface area contributed by atoms with E-state index in [1.165, 1.54) is 11.5 Å². The molecule has 1 saturated heterocycles. The van der Waals surface area contributed by atoms with Crippen molar-refractivity contribution in [1.29, 1.82) is 0 Å². The molecule has 13 heavy (non-hydrogen) atoms. The molecule has 74 valence electrons. The lowest BCUT2D eigenvalue weighted by molar-refractivity contribution is -0.132. The summed E-state index contributed by atoms with van der Waals surface area (Å²) in [7, 11) is 0. The van der Waals surface area contributed by atoms with Crippen molar-refractivity contribution in [2.24, 2.45) is 0 Å². The molecule has 4 heteroatoms. The number of nitrogens with one attached hydrogen (secondary N) is 1. The van der Waals surface area contributed by atoms with Crippen molar-refractivity contribution < 1.29 is 9.90 Å². The molecule has 0 amide bonds. The summed E-state index contributed by atoms with van der Waals surface area (Å²) in [6.07, 6.45) is 2.27. The van der Waals surface area contributed by atoms with Crippen LogP contribution >= 0.6 is 11.8 Å². The van der Waals surface area contributed by atoms with Gasteiger partial charge in [0.25, 0.3) is 0 Å². The first-order chi connectivity index (χ1) is 6.20. The lowest BCUT2D eigenvalue weighted by Crippen LogP contribution is -2.34. The fourth-order valence-corrected chi connectivity index (χ4v) is 2.35. The Morgan fingerprint density at radius 2 is 2.15 bits per heavy atom. The van der Waals surface area contributed by atoms with Crippen LogP contribution in [0, 0.1) is 0 Å². The molecule has 0 unspecified atom stereocenters. The maximum Gasteiger partial charge on any atom is 0.332 e. The van der Waals surface area contributed by atoms with Gasteiger partial charge in [-0.1, -0.05) is 6.58 Å². The first kappa shape index (κ1) is 10.6. The highest BCUT2D eigenvalue weighted by Gasteiger charge is 2.13. The van der Waals surface area contributed by atoms with Crippen LogP contribution in [0.4, 0.5) is 0 Å². The summed E-state index contributed by atoms with van der Waals surface area (Å²) in [5.74, 6) is 1.45. The first-order valence-electron chi connectivity index (χ1n) is 4.42. The molecule has 3 nitrogen and oxygen atoms in total. The highest BCUT2D eigenvalue weighted by atomic mass is 32.2. The van der Waals surface area contributed by atoms with Crippen LogP contribution in [0.1, 0.15) is 12.8 Å². The minimum Gasteiger partial charge on any atom is -0.478 e. The molecule has 0 aliphatic carbocycles. The molecular formula is C9H15NO2S. The van der Waals surface area contributed by atoms with Crippen molar-refractivity contribution in [3.8, 4) is 0 Å². The van der Waals surface area contributed by atoms with Gasteiger partial charge in [-0.2, -0.15) is 11.8 Å². The molecule has 1 aliphatic rings. The van der Waals surface area contributed by atoms with Crippen molar-refractivity contribution in [2.75, 3.05) is 18.1 Å². The Labute approximate surface area is 82.6 Å². The van der Waals surface area contributed by atoms with E-state index in [0.717, 1.165) is 12.8 Å². The minimum absolute atomic E-state index is 0.248. The van der Waals surface area contributed by atoms with Crippen LogP contribution in [0.15, 0.2) is 12.2 Å². The predicted octanol–water partition coefficient (Wildman–Crippen LogP) is 1.11. The average molecular weight is 201 g/mol. The highest BCUT2D eigenvalue weighted by molar-refractivity contribution is 7.99. The van der Waals surface area contributed by atoms with Crippen LogP contribution in [0.25, 0.3) is 0 Å². The number of thioether (sulfide) groups is 1. The molecule has 0 aromatic rings. The van der Waals surface area contributed by atoms with Gasteiger partial charge in [0.2, 0.25) is 0 Å². The Hall–Kier alpha value is -0.480. The molecule has 0 atom stereocenters. The zero-order valence-electron chi connectivity index (χ0n) is 7.58. The minimum atomic E-state index is -0.905. The first-order valence-corrected chi connectivity index (χ1v) is 5.58. The summed E-state index contributed by atoms with van der Waals surface area (Å²) in [6, 6.07) is 0.484. The Morgan fingerprint density at radius 1 is 1.54 bits per heavy atom. The van der Waals surface area contributed by atoms with E-state index in [4.69, 9.17) is 5.11 Å². The quantitative estimate of drug-likeness (QED) is 0.669. The number of hydrogen-bond donors (Lipinski definition) is 2. The third-order valence-electron chi connectivity index (χ3n) is 2.13. The van der Waals surface area contributed by atoms with Crippen LogP contribution in [0.3, 0.4) is 0 Å². The SMILES string of the molecule is C=C(CNC1CCSCC1)C(=O)O. The second-order valence-corrected chi connectivity index (χ2v) is 4.40. The van der Waals surface area contributed by atoms with Crippen molar-refractivity contribution in [3.63, 3.8) is 0 Å². The molecule has 0 saturated carbocycles. The van der Waals surface area contributed by atoms with E-state index in [2.05, 4.69) is 11.9 Å². The zero-order chi connectivity index (χ0) is 9.68. The molecule has 1 aliphatic heterocycles. The maximum atomic E-state index is 10.4. The monoisotopic (exact) mass is 201 g/mol. The number of carboxylic acid groups (broad SMARTS) is 1. The summed E-state index contributed by atoms with van der Waals surface area (Å²) in [5.41, 5.74) is 0.248. The standard InChI is InChI=1S/C9H15NO2S/c1-7(9(11)12)6-10-8-2-4-13-5-3-8/h8,10H,1-6H2,(H,11,12). The predicted molar refractivity (Wildman–Crippen MR) is 55.1 cm³/mol. The molecule has 1 heterocycles. The lowest BCUT2D eigenvalue weighted by atomic mass is 10.1. The largest absolute Gasteiger partial charge is 0.478 e. The smallest absolute Gasteiger partial charge is 0.332 e. The van der Waals surface area contributed by atoms with Gasteiger partial charge in [-0.3, -0.25) is 0 Å². The molecule has 0 bridgehead atoms. The molecule has 0 aromatic carbocycles. The van der Waals surface area contributed by atoms with Gasteiger partial charge in [0.15, 0.2) is 0 Å². The highest BCUT2D eigenvalue weighted by Crippen LogP contribution is 2.16. The van der Waals surface area contributed by atoms with Gasteiger partial charge in [0.05, 0.1) is 0 Å². The third kappa shape index (κ3) is 3.83. The van der Waals surface area contributed by atoms with E-state index in [9.17, 15) is 4.79 Å². The van der Waals surface area contributed by atoms with E-state index in [1.807, 2.05) is 11.8 Å². The van der Waals surface area contributed by atoms with Gasteiger partial charge < -0.3 is 10.4 Å². The van der Waals surface area contributed by atoms with Crippen LogP contribution in [-0.4, -0.2) is 35.2 Å². The normalized spacial score (nSPS) is 18.5. The molecule has 1 rings (SSSR count). The van der Waals surface area contributed by atoms with Crippen LogP contribution in [0.5, 0.6) is 0 Å². The average Bonchev–Trinajstić information content (AvgIpc) is 2.15. The van der Waals surface area contributed by atoms with Gasteiger partial charge in [-0.15, -0.1) is 0 Å². The van der Waals surface area contributed by atoms with Crippen molar-refractivity contribution >= 4 is 17.7 Å². The van der Waals surface area contributed by atoms with Crippen LogP contribution in [0.2, 0.25) is 0 Å². The number of carbonyl (C=O) groups is 1. The van der Waals surface area contributed by atoms with E-state index in [1.54, 1.807) is 0 Å². The zero-order valence-corrected chi connectivity index (χ0v) is 8.40. The summed E-state index contributed by atoms with van der Waals surface area (Å²) < 4.78 is 0. The fourth-order valence-electron chi connectivity index (χ4n) is 1.24. The molecule has 0 aromatic heterocycles. The number of aliphatic carboxylic acids is 1. The molecule has 0 radical (unpaired) electrons. The lowest BCUT2D eigenvalue weighted by Gasteiger charge is -2.22. The fraction of sp³-hybridized carbons (Fsp3) is 0.667. The van der Waals surface area contributed by atoms with Gasteiger partial charge in [-0.25, -0.2) is 4.79 Å². The number of rotatable bonds is 4. The van der Waals surface area contributed by atoms with E-state index in [-0.39, 0.29) is 5.57 Å². The van der Waals surface area contributed by atoms with E-state index >= 15 is 0 Å². The summed E-state index contributed by atoms with van der Waals surface area (Å²) in [5, 5.41) is 11.8. The number of carboxylic acids is 1. The summed E-state index contributed by atoms with van der Waals surface area (Å²) in [6.45, 7) is 3.88. The topological polar surface area (TPSA) is 49.3 Å². The van der Waals surface area contributed by atoms with Crippen molar-refractivity contribution in [2.45, 2.75) is 18.9 Å². The van der Waals surface area contributed by atoms with Gasteiger partial charge in [-0.05, 0) is 24.3 Å². The van der Waals surface area contributed by atoms with Crippen molar-refractivity contribution in [3.05, 3.63) is 12.2 Å². The maximum absolute atomic E-state index is 10.4. The van der Waals surface area contributed by atoms with Crippen LogP contribution < -0.4 is 5.32 Å².